The molecule has 3 aliphatic heterocycles. The molecule has 1 N–H and O–H groups in total. The van der Waals surface area contributed by atoms with Crippen molar-refractivity contribution in [2.45, 2.75) is 43.9 Å². The summed E-state index contributed by atoms with van der Waals surface area (Å²) >= 11 is 5.95. The predicted molar refractivity (Wildman–Crippen MR) is 159 cm³/mol. The van der Waals surface area contributed by atoms with Gasteiger partial charge in [-0.3, -0.25) is 9.59 Å². The normalized spacial score (nSPS) is 20.3. The average Bonchev–Trinajstić information content (AvgIpc) is 3.51. The van der Waals surface area contributed by atoms with Gasteiger partial charge in [0.1, 0.15) is 11.9 Å². The van der Waals surface area contributed by atoms with Crippen molar-refractivity contribution in [3.63, 3.8) is 0 Å². The summed E-state index contributed by atoms with van der Waals surface area (Å²) in [5.74, 6) is -2.05. The molecular formula is C32H31ClF2N4O4. The number of fused-ring (bicyclic) bond motifs is 1. The molecule has 3 heterocycles. The van der Waals surface area contributed by atoms with Crippen LogP contribution in [0.3, 0.4) is 0 Å². The molecule has 1 unspecified atom stereocenters. The van der Waals surface area contributed by atoms with Gasteiger partial charge in [-0.15, -0.1) is 0 Å². The van der Waals surface area contributed by atoms with Crippen LogP contribution in [-0.2, 0) is 25.6 Å². The molecule has 1 fully saturated rings. The van der Waals surface area contributed by atoms with Crippen molar-refractivity contribution in [1.82, 2.24) is 4.90 Å². The Hall–Kier alpha value is -4.02. The maximum Gasteiger partial charge on any atom is 0.267 e. The fourth-order valence-corrected chi connectivity index (χ4v) is 6.33. The zero-order valence-electron chi connectivity index (χ0n) is 23.6. The van der Waals surface area contributed by atoms with Crippen LogP contribution < -0.4 is 10.2 Å². The fraction of sp³-hybridized carbons (Fsp3) is 0.344. The number of benzene rings is 3. The van der Waals surface area contributed by atoms with Crippen molar-refractivity contribution < 1.29 is 27.9 Å². The second-order valence-electron chi connectivity index (χ2n) is 10.9. The molecule has 3 aliphatic rings. The third-order valence-electron chi connectivity index (χ3n) is 8.34. The van der Waals surface area contributed by atoms with Crippen LogP contribution in [0, 0.1) is 11.6 Å². The lowest BCUT2D eigenvalue weighted by Gasteiger charge is -2.40. The van der Waals surface area contributed by atoms with Gasteiger partial charge in [0.2, 0.25) is 6.10 Å². The molecule has 3 aromatic carbocycles. The molecule has 6 rings (SSSR count). The number of hydrogen-bond acceptors (Lipinski definition) is 6. The van der Waals surface area contributed by atoms with Gasteiger partial charge in [0.05, 0.1) is 16.8 Å². The number of amides is 2. The van der Waals surface area contributed by atoms with Gasteiger partial charge >= 0.3 is 0 Å². The Morgan fingerprint density at radius 3 is 2.58 bits per heavy atom. The number of hydrogen-bond donors (Lipinski definition) is 1. The number of carbonyl (C=O) groups excluding carboxylic acids is 2. The topological polar surface area (TPSA) is 83.5 Å². The smallest absolute Gasteiger partial charge is 0.267 e. The second-order valence-corrected chi connectivity index (χ2v) is 11.3. The van der Waals surface area contributed by atoms with Crippen LogP contribution >= 0.6 is 11.6 Å². The average molecular weight is 609 g/mol. The number of nitrogens with one attached hydrogen (secondary N) is 1. The van der Waals surface area contributed by atoms with E-state index in [0.29, 0.717) is 12.0 Å². The summed E-state index contributed by atoms with van der Waals surface area (Å²) in [4.78, 5) is 37.2. The van der Waals surface area contributed by atoms with Gasteiger partial charge in [-0.05, 0) is 66.8 Å². The zero-order valence-corrected chi connectivity index (χ0v) is 24.3. The van der Waals surface area contributed by atoms with E-state index in [4.69, 9.17) is 21.2 Å². The Balaban J connectivity index is 1.30. The molecule has 0 radical (unpaired) electrons. The van der Waals surface area contributed by atoms with Gasteiger partial charge in [0.15, 0.2) is 5.82 Å². The van der Waals surface area contributed by atoms with Crippen LogP contribution in [0.15, 0.2) is 65.8 Å². The summed E-state index contributed by atoms with van der Waals surface area (Å²) in [6.45, 7) is 1.88. The number of ether oxygens (including phenoxy) is 1. The van der Waals surface area contributed by atoms with Crippen LogP contribution in [0.2, 0.25) is 5.02 Å². The molecule has 8 nitrogen and oxygen atoms in total. The molecule has 11 heteroatoms. The molecule has 0 bridgehead atoms. The van der Waals surface area contributed by atoms with E-state index in [2.05, 4.69) is 15.4 Å². The van der Waals surface area contributed by atoms with Crippen molar-refractivity contribution in [1.29, 1.82) is 0 Å². The summed E-state index contributed by atoms with van der Waals surface area (Å²) in [5, 5.41) is 6.73. The number of carbonyl (C=O) groups is 2. The third kappa shape index (κ3) is 5.81. The van der Waals surface area contributed by atoms with Crippen molar-refractivity contribution in [2.75, 3.05) is 37.0 Å². The maximum atomic E-state index is 14.7. The highest BCUT2D eigenvalue weighted by atomic mass is 35.5. The van der Waals surface area contributed by atoms with Crippen molar-refractivity contribution >= 4 is 40.5 Å². The first-order chi connectivity index (χ1) is 20.8. The quantitative estimate of drug-likeness (QED) is 0.400. The minimum atomic E-state index is -1.05. The van der Waals surface area contributed by atoms with Crippen molar-refractivity contribution in [3.8, 4) is 0 Å². The monoisotopic (exact) mass is 608 g/mol. The van der Waals surface area contributed by atoms with E-state index in [-0.39, 0.29) is 41.1 Å². The molecule has 0 saturated carbocycles. The fourth-order valence-electron chi connectivity index (χ4n) is 6.16. The Labute approximate surface area is 253 Å². The largest absolute Gasteiger partial charge is 0.382 e. The standard InChI is InChI=1S/C32H31ClF2N4O4/c1-42-21-11-14-38(15-12-21)27-10-4-7-23-22(27)13-16-39(30(23)31(40)36-20-6-2-5-19(34)17-20)32(41)28-18-26(37-43-28)24-8-3-9-25(33)29(24)35/h2-10,17,21,28,30H,11-16,18H2,1H3,(H,36,40)/t28?,30-/m1/s1. The number of halogens is 3. The van der Waals surface area contributed by atoms with Crippen LogP contribution in [0.1, 0.15) is 42.0 Å². The highest BCUT2D eigenvalue weighted by molar-refractivity contribution is 6.31. The number of piperidine rings is 1. The molecule has 3 aromatic rings. The first-order valence-corrected chi connectivity index (χ1v) is 14.7. The van der Waals surface area contributed by atoms with Crippen molar-refractivity contribution in [3.05, 3.63) is 94.0 Å². The molecule has 0 aliphatic carbocycles. The van der Waals surface area contributed by atoms with E-state index < -0.39 is 35.6 Å². The van der Waals surface area contributed by atoms with E-state index in [0.717, 1.165) is 37.2 Å². The SMILES string of the molecule is COC1CCN(c2cccc3c2CCN(C(=O)C2CC(c4cccc(Cl)c4F)=NO2)[C@H]3C(=O)Nc2cccc(F)c2)CC1. The molecule has 0 spiro atoms. The van der Waals surface area contributed by atoms with Gasteiger partial charge < -0.3 is 24.7 Å². The highest BCUT2D eigenvalue weighted by Crippen LogP contribution is 2.38. The Kier molecular flexibility index (Phi) is 8.32. The van der Waals surface area contributed by atoms with E-state index in [1.807, 2.05) is 18.2 Å². The van der Waals surface area contributed by atoms with Gasteiger partial charge in [0, 0.05) is 50.1 Å². The van der Waals surface area contributed by atoms with E-state index >= 15 is 0 Å². The minimum Gasteiger partial charge on any atom is -0.382 e. The number of rotatable bonds is 6. The van der Waals surface area contributed by atoms with Gasteiger partial charge in [-0.25, -0.2) is 8.78 Å². The first-order valence-electron chi connectivity index (χ1n) is 14.3. The minimum absolute atomic E-state index is 0.0200. The molecule has 2 amide bonds. The van der Waals surface area contributed by atoms with Gasteiger partial charge in [-0.2, -0.15) is 0 Å². The summed E-state index contributed by atoms with van der Waals surface area (Å²) in [6.07, 6.45) is 1.50. The molecule has 0 aromatic heterocycles. The zero-order chi connectivity index (χ0) is 30.1. The molecule has 224 valence electrons. The van der Waals surface area contributed by atoms with E-state index in [1.54, 1.807) is 19.2 Å². The highest BCUT2D eigenvalue weighted by Gasteiger charge is 2.42. The number of oxime groups is 1. The second kappa shape index (κ2) is 12.3. The molecular weight excluding hydrogens is 578 g/mol. The van der Waals surface area contributed by atoms with Crippen LogP contribution in [0.5, 0.6) is 0 Å². The number of nitrogens with zero attached hydrogens (tertiary/aromatic N) is 3. The predicted octanol–water partition coefficient (Wildman–Crippen LogP) is 5.49. The summed E-state index contributed by atoms with van der Waals surface area (Å²) in [5.41, 5.74) is 3.42. The molecule has 1 saturated heterocycles. The third-order valence-corrected chi connectivity index (χ3v) is 8.63. The van der Waals surface area contributed by atoms with Crippen LogP contribution in [-0.4, -0.2) is 61.4 Å². The Morgan fingerprint density at radius 2 is 1.81 bits per heavy atom. The lowest BCUT2D eigenvalue weighted by Crippen LogP contribution is -2.49. The molecule has 2 atom stereocenters. The molecule has 43 heavy (non-hydrogen) atoms. The number of anilines is 2. The maximum absolute atomic E-state index is 14.7. The summed E-state index contributed by atoms with van der Waals surface area (Å²) < 4.78 is 34.2. The Bertz CT molecular complexity index is 1580. The van der Waals surface area contributed by atoms with Crippen LogP contribution in [0.25, 0.3) is 0 Å². The van der Waals surface area contributed by atoms with Gasteiger partial charge in [-0.1, -0.05) is 41.0 Å². The summed E-state index contributed by atoms with van der Waals surface area (Å²) in [6, 6.07) is 15.0. The van der Waals surface area contributed by atoms with Gasteiger partial charge in [0.25, 0.3) is 11.8 Å². The van der Waals surface area contributed by atoms with E-state index in [9.17, 15) is 18.4 Å². The van der Waals surface area contributed by atoms with Crippen molar-refractivity contribution in [2.24, 2.45) is 5.16 Å². The lowest BCUT2D eigenvalue weighted by atomic mass is 9.89. The summed E-state index contributed by atoms with van der Waals surface area (Å²) in [7, 11) is 1.73. The van der Waals surface area contributed by atoms with Crippen LogP contribution in [0.4, 0.5) is 20.2 Å². The first kappa shape index (κ1) is 29.1. The number of methoxy groups -OCH3 is 1. The lowest BCUT2D eigenvalue weighted by molar-refractivity contribution is -0.148. The Morgan fingerprint density at radius 1 is 1.05 bits per heavy atom. The van der Waals surface area contributed by atoms with E-state index in [1.165, 1.54) is 35.2 Å².